The molecule has 0 saturated heterocycles. The Balaban J connectivity index is 1.76. The normalized spacial score (nSPS) is 10.7. The molecular weight excluding hydrogens is 404 g/mol. The van der Waals surface area contributed by atoms with Crippen molar-refractivity contribution in [3.8, 4) is 0 Å². The number of amides is 1. The van der Waals surface area contributed by atoms with Gasteiger partial charge in [-0.3, -0.25) is 9.69 Å². The lowest BCUT2D eigenvalue weighted by Crippen LogP contribution is -2.32. The standard InChI is InChI=1S/C22H22N2O7/c1-28-21(26)15-9-16(22(27)29-2)11-17(10-15)23-20(25)14-24(12-18-5-3-7-30-18)13-19-6-4-8-31-19/h3-11H,12-14H2,1-2H3,(H,23,25). The molecule has 1 aromatic carbocycles. The molecule has 0 spiro atoms. The van der Waals surface area contributed by atoms with E-state index >= 15 is 0 Å². The van der Waals surface area contributed by atoms with Crippen molar-refractivity contribution >= 4 is 23.5 Å². The first-order valence-electron chi connectivity index (χ1n) is 9.37. The van der Waals surface area contributed by atoms with Gasteiger partial charge >= 0.3 is 11.9 Å². The molecular formula is C22H22N2O7. The number of hydrogen-bond donors (Lipinski definition) is 1. The van der Waals surface area contributed by atoms with E-state index in [1.165, 1.54) is 32.4 Å². The smallest absolute Gasteiger partial charge is 0.337 e. The average Bonchev–Trinajstić information content (AvgIpc) is 3.46. The molecule has 0 aliphatic carbocycles. The maximum absolute atomic E-state index is 12.7. The predicted octanol–water partition coefficient (Wildman–Crippen LogP) is 3.09. The van der Waals surface area contributed by atoms with Gasteiger partial charge < -0.3 is 23.6 Å². The van der Waals surface area contributed by atoms with Crippen molar-refractivity contribution in [3.05, 3.63) is 77.6 Å². The lowest BCUT2D eigenvalue weighted by molar-refractivity contribution is -0.117. The first-order chi connectivity index (χ1) is 15.0. The highest BCUT2D eigenvalue weighted by molar-refractivity contribution is 5.99. The molecule has 0 aliphatic heterocycles. The number of benzene rings is 1. The summed E-state index contributed by atoms with van der Waals surface area (Å²) in [5, 5.41) is 2.71. The Bertz CT molecular complexity index is 956. The van der Waals surface area contributed by atoms with Gasteiger partial charge in [0, 0.05) is 5.69 Å². The Kier molecular flexibility index (Phi) is 7.23. The lowest BCUT2D eigenvalue weighted by atomic mass is 10.1. The van der Waals surface area contributed by atoms with E-state index in [1.54, 1.807) is 24.7 Å². The van der Waals surface area contributed by atoms with Gasteiger partial charge in [-0.15, -0.1) is 0 Å². The van der Waals surface area contributed by atoms with E-state index in [0.29, 0.717) is 24.6 Å². The van der Waals surface area contributed by atoms with E-state index in [-0.39, 0.29) is 29.3 Å². The van der Waals surface area contributed by atoms with Crippen LogP contribution >= 0.6 is 0 Å². The summed E-state index contributed by atoms with van der Waals surface area (Å²) in [5.74, 6) is -0.243. The first kappa shape index (κ1) is 21.8. The third kappa shape index (κ3) is 6.06. The zero-order valence-electron chi connectivity index (χ0n) is 17.1. The summed E-state index contributed by atoms with van der Waals surface area (Å²) in [6.45, 7) is 0.783. The van der Waals surface area contributed by atoms with Crippen LogP contribution in [0.3, 0.4) is 0 Å². The van der Waals surface area contributed by atoms with Gasteiger partial charge in [0.2, 0.25) is 5.91 Å². The van der Waals surface area contributed by atoms with Crippen LogP contribution in [-0.2, 0) is 27.4 Å². The fraction of sp³-hybridized carbons (Fsp3) is 0.227. The van der Waals surface area contributed by atoms with Crippen LogP contribution in [-0.4, -0.2) is 43.5 Å². The maximum Gasteiger partial charge on any atom is 0.337 e. The minimum Gasteiger partial charge on any atom is -0.468 e. The number of carbonyl (C=O) groups is 3. The Hall–Kier alpha value is -3.85. The van der Waals surface area contributed by atoms with E-state index in [2.05, 4.69) is 5.32 Å². The highest BCUT2D eigenvalue weighted by atomic mass is 16.5. The van der Waals surface area contributed by atoms with Gasteiger partial charge in [0.05, 0.1) is 57.5 Å². The molecule has 0 aliphatic rings. The molecule has 162 valence electrons. The summed E-state index contributed by atoms with van der Waals surface area (Å²) in [5.41, 5.74) is 0.497. The quantitative estimate of drug-likeness (QED) is 0.520. The number of rotatable bonds is 9. The van der Waals surface area contributed by atoms with Crippen LogP contribution in [0.4, 0.5) is 5.69 Å². The van der Waals surface area contributed by atoms with Crippen molar-refractivity contribution < 1.29 is 32.7 Å². The van der Waals surface area contributed by atoms with Crippen LogP contribution in [0, 0.1) is 0 Å². The summed E-state index contributed by atoms with van der Waals surface area (Å²) < 4.78 is 20.2. The fourth-order valence-corrected chi connectivity index (χ4v) is 2.99. The average molecular weight is 426 g/mol. The zero-order chi connectivity index (χ0) is 22.2. The second-order valence-electron chi connectivity index (χ2n) is 6.63. The molecule has 0 fully saturated rings. The molecule has 0 bridgehead atoms. The molecule has 1 N–H and O–H groups in total. The van der Waals surface area contributed by atoms with Gasteiger partial charge in [-0.05, 0) is 42.5 Å². The minimum absolute atomic E-state index is 0.0113. The number of furan rings is 2. The second-order valence-corrected chi connectivity index (χ2v) is 6.63. The van der Waals surface area contributed by atoms with E-state index < -0.39 is 11.9 Å². The number of nitrogens with zero attached hydrogens (tertiary/aromatic N) is 1. The van der Waals surface area contributed by atoms with Crippen LogP contribution in [0.1, 0.15) is 32.2 Å². The number of nitrogens with one attached hydrogen (secondary N) is 1. The summed E-state index contributed by atoms with van der Waals surface area (Å²) in [4.78, 5) is 38.4. The van der Waals surface area contributed by atoms with Crippen molar-refractivity contribution in [2.24, 2.45) is 0 Å². The summed E-state index contributed by atoms with van der Waals surface area (Å²) in [7, 11) is 2.46. The number of anilines is 1. The zero-order valence-corrected chi connectivity index (χ0v) is 17.1. The SMILES string of the molecule is COC(=O)c1cc(NC(=O)CN(Cc2ccco2)Cc2ccco2)cc(C(=O)OC)c1. The molecule has 0 unspecified atom stereocenters. The fourth-order valence-electron chi connectivity index (χ4n) is 2.99. The van der Waals surface area contributed by atoms with Crippen molar-refractivity contribution in [2.45, 2.75) is 13.1 Å². The third-order valence-electron chi connectivity index (χ3n) is 4.35. The van der Waals surface area contributed by atoms with Gasteiger partial charge in [0.1, 0.15) is 11.5 Å². The Morgan fingerprint density at radius 2 is 1.39 bits per heavy atom. The maximum atomic E-state index is 12.7. The Morgan fingerprint density at radius 1 is 0.871 bits per heavy atom. The monoisotopic (exact) mass is 426 g/mol. The third-order valence-corrected chi connectivity index (χ3v) is 4.35. The van der Waals surface area contributed by atoms with Crippen molar-refractivity contribution in [1.82, 2.24) is 4.90 Å². The predicted molar refractivity (Wildman–Crippen MR) is 109 cm³/mol. The molecule has 0 atom stereocenters. The molecule has 3 aromatic rings. The summed E-state index contributed by atoms with van der Waals surface area (Å²) >= 11 is 0. The van der Waals surface area contributed by atoms with Gasteiger partial charge in [0.25, 0.3) is 0 Å². The molecule has 9 nitrogen and oxygen atoms in total. The molecule has 1 amide bonds. The number of ether oxygens (including phenoxy) is 2. The van der Waals surface area contributed by atoms with E-state index in [4.69, 9.17) is 18.3 Å². The van der Waals surface area contributed by atoms with Crippen LogP contribution in [0.5, 0.6) is 0 Å². The van der Waals surface area contributed by atoms with E-state index in [9.17, 15) is 14.4 Å². The number of esters is 2. The molecule has 0 radical (unpaired) electrons. The van der Waals surface area contributed by atoms with Gasteiger partial charge in [0.15, 0.2) is 0 Å². The van der Waals surface area contributed by atoms with Crippen LogP contribution in [0.15, 0.2) is 63.8 Å². The number of methoxy groups -OCH3 is 2. The lowest BCUT2D eigenvalue weighted by Gasteiger charge is -2.20. The molecule has 2 aromatic heterocycles. The van der Waals surface area contributed by atoms with E-state index in [0.717, 1.165) is 0 Å². The molecule has 9 heteroatoms. The largest absolute Gasteiger partial charge is 0.468 e. The molecule has 3 rings (SSSR count). The minimum atomic E-state index is -0.640. The van der Waals surface area contributed by atoms with Crippen LogP contribution < -0.4 is 5.32 Å². The highest BCUT2D eigenvalue weighted by Crippen LogP contribution is 2.18. The van der Waals surface area contributed by atoms with Crippen LogP contribution in [0.2, 0.25) is 0 Å². The van der Waals surface area contributed by atoms with Crippen LogP contribution in [0.25, 0.3) is 0 Å². The number of hydrogen-bond acceptors (Lipinski definition) is 8. The van der Waals surface area contributed by atoms with Gasteiger partial charge in [-0.2, -0.15) is 0 Å². The molecule has 0 saturated carbocycles. The van der Waals surface area contributed by atoms with Gasteiger partial charge in [-0.1, -0.05) is 0 Å². The summed E-state index contributed by atoms with van der Waals surface area (Å²) in [6, 6.07) is 11.4. The van der Waals surface area contributed by atoms with E-state index in [1.807, 2.05) is 17.0 Å². The molecule has 31 heavy (non-hydrogen) atoms. The highest BCUT2D eigenvalue weighted by Gasteiger charge is 2.18. The Labute approximate surface area is 178 Å². The Morgan fingerprint density at radius 3 is 1.81 bits per heavy atom. The summed E-state index contributed by atoms with van der Waals surface area (Å²) in [6.07, 6.45) is 3.13. The first-order valence-corrected chi connectivity index (χ1v) is 9.37. The molecule has 2 heterocycles. The second kappa shape index (κ2) is 10.3. The number of carbonyl (C=O) groups excluding carboxylic acids is 3. The van der Waals surface area contributed by atoms with Crippen molar-refractivity contribution in [3.63, 3.8) is 0 Å². The van der Waals surface area contributed by atoms with Crippen molar-refractivity contribution in [2.75, 3.05) is 26.1 Å². The topological polar surface area (TPSA) is 111 Å². The van der Waals surface area contributed by atoms with Crippen molar-refractivity contribution in [1.29, 1.82) is 0 Å². The van der Waals surface area contributed by atoms with Gasteiger partial charge in [-0.25, -0.2) is 9.59 Å².